The van der Waals surface area contributed by atoms with Crippen molar-refractivity contribution in [3.8, 4) is 0 Å². The van der Waals surface area contributed by atoms with E-state index in [4.69, 9.17) is 5.10 Å². The fourth-order valence-electron chi connectivity index (χ4n) is 5.92. The van der Waals surface area contributed by atoms with E-state index in [1.165, 1.54) is 70.4 Å². The number of carbonyl (C=O) groups excluding carboxylic acids is 1. The van der Waals surface area contributed by atoms with Crippen molar-refractivity contribution < 1.29 is 9.90 Å². The predicted molar refractivity (Wildman–Crippen MR) is 125 cm³/mol. The van der Waals surface area contributed by atoms with Crippen LogP contribution in [-0.4, -0.2) is 64.6 Å². The summed E-state index contributed by atoms with van der Waals surface area (Å²) in [6.07, 6.45) is 6.68. The van der Waals surface area contributed by atoms with E-state index in [1.807, 2.05) is 11.7 Å². The van der Waals surface area contributed by atoms with Crippen LogP contribution < -0.4 is 10.6 Å². The lowest BCUT2D eigenvalue weighted by Gasteiger charge is -2.33. The molecule has 3 fully saturated rings. The third kappa shape index (κ3) is 4.56. The molecular weight excluding hydrogens is 402 g/mol. The van der Waals surface area contributed by atoms with Crippen LogP contribution in [0.5, 0.6) is 0 Å². The molecule has 0 radical (unpaired) electrons. The number of fused-ring (bicyclic) bond motifs is 1. The Balaban J connectivity index is 1.23. The van der Waals surface area contributed by atoms with Crippen LogP contribution in [0.4, 0.5) is 0 Å². The minimum Gasteiger partial charge on any atom is -0.373 e. The lowest BCUT2D eigenvalue weighted by atomic mass is 9.87. The van der Waals surface area contributed by atoms with Crippen LogP contribution in [-0.2, 0) is 11.8 Å². The summed E-state index contributed by atoms with van der Waals surface area (Å²) in [5, 5.41) is 22.4. The summed E-state index contributed by atoms with van der Waals surface area (Å²) in [6.45, 7) is 6.02. The largest absolute Gasteiger partial charge is 0.373 e. The number of carbonyl (C=O) groups is 1. The number of aromatic nitrogens is 2. The Bertz CT molecular complexity index is 943. The van der Waals surface area contributed by atoms with Gasteiger partial charge in [0.25, 0.3) is 0 Å². The molecule has 174 valence electrons. The quantitative estimate of drug-likeness (QED) is 0.667. The van der Waals surface area contributed by atoms with Crippen LogP contribution in [0.25, 0.3) is 10.9 Å². The SMILES string of the molecule is Cn1nc(C2CCC(=O)NC2O)c2ccc(C3CCN(CCC4CCNCC4)CC3)cc21. The number of rotatable bonds is 5. The molecule has 0 bridgehead atoms. The monoisotopic (exact) mass is 439 g/mol. The molecule has 2 aromatic rings. The van der Waals surface area contributed by atoms with Gasteiger partial charge in [-0.3, -0.25) is 9.48 Å². The first kappa shape index (κ1) is 21.9. The third-order valence-electron chi connectivity index (χ3n) is 8.00. The Kier molecular flexibility index (Phi) is 6.49. The number of nitrogens with one attached hydrogen (secondary N) is 2. The maximum atomic E-state index is 11.6. The number of hydrogen-bond acceptors (Lipinski definition) is 5. The second kappa shape index (κ2) is 9.49. The standard InChI is InChI=1S/C25H37N5O2/c1-29-22-16-19(2-3-20(22)24(28-29)21-4-5-23(31)27-25(21)32)18-9-14-30(15-10-18)13-8-17-6-11-26-12-7-17/h2-3,16-18,21,25-26,32H,4-15H2,1H3,(H,27,31). The summed E-state index contributed by atoms with van der Waals surface area (Å²) in [7, 11) is 1.98. The summed E-state index contributed by atoms with van der Waals surface area (Å²) in [4.78, 5) is 14.2. The van der Waals surface area contributed by atoms with Crippen molar-refractivity contribution in [1.29, 1.82) is 0 Å². The zero-order valence-corrected chi connectivity index (χ0v) is 19.2. The van der Waals surface area contributed by atoms with Gasteiger partial charge in [0.2, 0.25) is 5.91 Å². The van der Waals surface area contributed by atoms with Crippen molar-refractivity contribution in [2.24, 2.45) is 13.0 Å². The molecule has 3 aliphatic heterocycles. The van der Waals surface area contributed by atoms with Crippen LogP contribution in [0.1, 0.15) is 68.0 Å². The molecule has 3 aliphatic rings. The number of piperidine rings is 3. The number of likely N-dealkylation sites (tertiary alicyclic amines) is 1. The lowest BCUT2D eigenvalue weighted by Crippen LogP contribution is -2.43. The molecule has 0 spiro atoms. The van der Waals surface area contributed by atoms with Crippen LogP contribution in [0, 0.1) is 5.92 Å². The molecule has 7 heteroatoms. The van der Waals surface area contributed by atoms with Crippen LogP contribution in [0.2, 0.25) is 0 Å². The van der Waals surface area contributed by atoms with Gasteiger partial charge in [0.05, 0.1) is 11.2 Å². The Hall–Kier alpha value is -1.96. The van der Waals surface area contributed by atoms with Crippen molar-refractivity contribution in [1.82, 2.24) is 25.3 Å². The molecular formula is C25H37N5O2. The Morgan fingerprint density at radius 1 is 1.12 bits per heavy atom. The van der Waals surface area contributed by atoms with E-state index < -0.39 is 6.23 Å². The minimum absolute atomic E-state index is 0.0848. The molecule has 2 unspecified atom stereocenters. The number of nitrogens with zero attached hydrogens (tertiary/aromatic N) is 3. The highest BCUT2D eigenvalue weighted by atomic mass is 16.3. The first-order valence-corrected chi connectivity index (χ1v) is 12.5. The smallest absolute Gasteiger partial charge is 0.222 e. The number of amides is 1. The molecule has 32 heavy (non-hydrogen) atoms. The van der Waals surface area contributed by atoms with Gasteiger partial charge < -0.3 is 20.6 Å². The van der Waals surface area contributed by atoms with Crippen molar-refractivity contribution in [3.05, 3.63) is 29.5 Å². The molecule has 2 atom stereocenters. The Morgan fingerprint density at radius 2 is 1.91 bits per heavy atom. The van der Waals surface area contributed by atoms with Gasteiger partial charge in [0.15, 0.2) is 0 Å². The summed E-state index contributed by atoms with van der Waals surface area (Å²) < 4.78 is 1.94. The predicted octanol–water partition coefficient (Wildman–Crippen LogP) is 2.45. The number of hydrogen-bond donors (Lipinski definition) is 3. The van der Waals surface area contributed by atoms with Crippen molar-refractivity contribution >= 4 is 16.8 Å². The molecule has 1 aromatic carbocycles. The number of benzene rings is 1. The molecule has 0 saturated carbocycles. The van der Waals surface area contributed by atoms with E-state index in [-0.39, 0.29) is 11.8 Å². The van der Waals surface area contributed by atoms with E-state index in [0.717, 1.165) is 22.5 Å². The molecule has 3 saturated heterocycles. The van der Waals surface area contributed by atoms with Gasteiger partial charge >= 0.3 is 0 Å². The third-order valence-corrected chi connectivity index (χ3v) is 8.00. The van der Waals surface area contributed by atoms with E-state index in [9.17, 15) is 9.90 Å². The maximum absolute atomic E-state index is 11.6. The van der Waals surface area contributed by atoms with Gasteiger partial charge in [-0.2, -0.15) is 5.10 Å². The summed E-state index contributed by atoms with van der Waals surface area (Å²) in [6, 6.07) is 6.74. The van der Waals surface area contributed by atoms with Crippen molar-refractivity contribution in [2.45, 2.75) is 63.0 Å². The molecule has 0 aliphatic carbocycles. The average Bonchev–Trinajstić information content (AvgIpc) is 3.14. The first-order valence-electron chi connectivity index (χ1n) is 12.5. The van der Waals surface area contributed by atoms with Crippen molar-refractivity contribution in [2.75, 3.05) is 32.7 Å². The fraction of sp³-hybridized carbons (Fsp3) is 0.680. The highest BCUT2D eigenvalue weighted by Gasteiger charge is 2.32. The Morgan fingerprint density at radius 3 is 2.66 bits per heavy atom. The molecule has 5 rings (SSSR count). The first-order chi connectivity index (χ1) is 15.6. The topological polar surface area (TPSA) is 82.4 Å². The number of aliphatic hydroxyl groups excluding tert-OH is 1. The van der Waals surface area contributed by atoms with Crippen LogP contribution >= 0.6 is 0 Å². The number of aryl methyl sites for hydroxylation is 1. The van der Waals surface area contributed by atoms with Gasteiger partial charge in [-0.05, 0) is 94.7 Å². The molecule has 3 N–H and O–H groups in total. The summed E-state index contributed by atoms with van der Waals surface area (Å²) in [5.41, 5.74) is 3.42. The second-order valence-corrected chi connectivity index (χ2v) is 10.0. The van der Waals surface area contributed by atoms with Crippen LogP contribution in [0.3, 0.4) is 0 Å². The average molecular weight is 440 g/mol. The van der Waals surface area contributed by atoms with Gasteiger partial charge in [0.1, 0.15) is 6.23 Å². The van der Waals surface area contributed by atoms with Gasteiger partial charge in [-0.15, -0.1) is 0 Å². The molecule has 1 amide bonds. The number of aliphatic hydroxyl groups is 1. The van der Waals surface area contributed by atoms with Crippen molar-refractivity contribution in [3.63, 3.8) is 0 Å². The fourth-order valence-corrected chi connectivity index (χ4v) is 5.92. The summed E-state index contributed by atoms with van der Waals surface area (Å²) >= 11 is 0. The van der Waals surface area contributed by atoms with E-state index in [1.54, 1.807) is 0 Å². The Labute approximate surface area is 190 Å². The van der Waals surface area contributed by atoms with E-state index in [0.29, 0.717) is 18.8 Å². The molecule has 1 aromatic heterocycles. The van der Waals surface area contributed by atoms with E-state index >= 15 is 0 Å². The van der Waals surface area contributed by atoms with Gasteiger partial charge in [0, 0.05) is 24.8 Å². The maximum Gasteiger partial charge on any atom is 0.222 e. The zero-order chi connectivity index (χ0) is 22.1. The highest BCUT2D eigenvalue weighted by molar-refractivity contribution is 5.84. The minimum atomic E-state index is -0.858. The second-order valence-electron chi connectivity index (χ2n) is 10.0. The molecule has 4 heterocycles. The lowest BCUT2D eigenvalue weighted by molar-refractivity contribution is -0.127. The molecule has 7 nitrogen and oxygen atoms in total. The highest BCUT2D eigenvalue weighted by Crippen LogP contribution is 2.35. The summed E-state index contributed by atoms with van der Waals surface area (Å²) in [5.74, 6) is 1.28. The van der Waals surface area contributed by atoms with E-state index in [2.05, 4.69) is 33.7 Å². The van der Waals surface area contributed by atoms with Crippen LogP contribution in [0.15, 0.2) is 18.2 Å². The zero-order valence-electron chi connectivity index (χ0n) is 19.2. The van der Waals surface area contributed by atoms with Gasteiger partial charge in [-0.1, -0.05) is 12.1 Å². The van der Waals surface area contributed by atoms with Gasteiger partial charge in [-0.25, -0.2) is 0 Å². The normalized spacial score (nSPS) is 26.5.